The van der Waals surface area contributed by atoms with Crippen molar-refractivity contribution in [1.29, 1.82) is 0 Å². The van der Waals surface area contributed by atoms with Gasteiger partial charge in [-0.05, 0) is 251 Å². The topological polar surface area (TPSA) is 27.7 Å². The van der Waals surface area contributed by atoms with Gasteiger partial charge in [0.15, 0.2) is 41.1 Å². The van der Waals surface area contributed by atoms with Crippen LogP contribution in [0.25, 0.3) is 21.5 Å². The summed E-state index contributed by atoms with van der Waals surface area (Å²) in [7, 11) is 0. The van der Waals surface area contributed by atoms with E-state index in [0.29, 0.717) is 51.5 Å². The van der Waals surface area contributed by atoms with E-state index in [1.807, 2.05) is 20.8 Å². The van der Waals surface area contributed by atoms with Crippen LogP contribution in [0, 0.1) is 356 Å². The van der Waals surface area contributed by atoms with Crippen LogP contribution in [-0.2, 0) is 15.9 Å². The second-order valence-corrected chi connectivity index (χ2v) is 29.6. The summed E-state index contributed by atoms with van der Waals surface area (Å²) in [6.45, 7) is 40.4. The Kier molecular flexibility index (Phi) is 69.0. The average Bonchev–Trinajstić information content (AvgIpc) is 0.786. The zero-order valence-electron chi connectivity index (χ0n) is 66.9. The monoisotopic (exact) mass is 2210 g/mol. The Morgan fingerprint density at radius 2 is 0.730 bits per heavy atom. The van der Waals surface area contributed by atoms with E-state index >= 15 is 0 Å². The second kappa shape index (κ2) is 62.9. The van der Waals surface area contributed by atoms with Gasteiger partial charge in [-0.15, -0.1) is 0 Å². The maximum Gasteiger partial charge on any atom is 0.201 e. The van der Waals surface area contributed by atoms with Crippen LogP contribution in [0.4, 0.5) is 39.5 Å². The molecule has 111 heavy (non-hydrogen) atoms. The van der Waals surface area contributed by atoms with Gasteiger partial charge in [0.05, 0.1) is 35.6 Å². The zero-order chi connectivity index (χ0) is 76.2. The molecule has 3 atom stereocenters. The maximum atomic E-state index is 13.6. The van der Waals surface area contributed by atoms with Crippen LogP contribution in [0.15, 0.2) is 132 Å². The van der Waals surface area contributed by atoms with Crippen LogP contribution in [0.5, 0.6) is 5.75 Å². The predicted molar refractivity (Wildman–Crippen MR) is 437 cm³/mol. The Morgan fingerprint density at radius 1 is 0.342 bits per heavy atom. The summed E-state index contributed by atoms with van der Waals surface area (Å²) >= 11 is 5.61. The van der Waals surface area contributed by atoms with Crippen molar-refractivity contribution in [1.82, 2.24) is 0 Å². The third kappa shape index (κ3) is 43.8. The van der Waals surface area contributed by atoms with Gasteiger partial charge in [0, 0.05) is 217 Å². The molecule has 0 spiro atoms. The molecular weight excluding hydrogens is 2090 g/mol. The van der Waals surface area contributed by atoms with E-state index < -0.39 is 40.7 Å². The molecule has 0 radical (unpaired) electrons. The van der Waals surface area contributed by atoms with Gasteiger partial charge in [-0.1, -0.05) is 233 Å². The van der Waals surface area contributed by atoms with Gasteiger partial charge in [-0.3, -0.25) is 0 Å². The van der Waals surface area contributed by atoms with Gasteiger partial charge in [-0.2, -0.15) is 4.39 Å². The number of ether oxygens (including phenoxy) is 3. The fraction of sp³-hybridized carbons (Fsp3) is 0.484. The van der Waals surface area contributed by atoms with Crippen molar-refractivity contribution in [2.24, 2.45) is 29.6 Å². The molecule has 13 rings (SSSR count). The number of benzene rings is 8. The van der Waals surface area contributed by atoms with Crippen molar-refractivity contribution in [3.63, 3.8) is 0 Å². The molecule has 0 amide bonds. The molecule has 0 N–H and O–H groups in total. The number of fused-ring (bicyclic) bond motifs is 3. The quantitative estimate of drug-likeness (QED) is 0.112. The second-order valence-electron chi connectivity index (χ2n) is 29.2. The summed E-state index contributed by atoms with van der Waals surface area (Å²) in [5.41, 5.74) is 11.6. The van der Waals surface area contributed by atoms with Gasteiger partial charge < -0.3 is 14.2 Å². The van der Waals surface area contributed by atoms with E-state index in [0.717, 1.165) is 66.9 Å². The third-order valence-electron chi connectivity index (χ3n) is 18.8. The Hall–Kier alpha value is -0.107. The molecule has 3 nitrogen and oxygen atoms in total. The largest absolute Gasteiger partial charge is 0.487 e. The number of rotatable bonds is 0. The van der Waals surface area contributed by atoms with Crippen LogP contribution in [0.2, 0.25) is 5.02 Å². The van der Waals surface area contributed by atoms with Crippen molar-refractivity contribution in [3.8, 4) is 5.75 Å². The molecule has 610 valence electrons. The average molecular weight is 2220 g/mol. The predicted octanol–water partition coefficient (Wildman–Crippen LogP) is 30.5. The molecule has 0 bridgehead atoms. The first-order valence-corrected chi connectivity index (χ1v) is 36.6. The Labute approximate surface area is 835 Å². The molecule has 5 aliphatic rings. The summed E-state index contributed by atoms with van der Waals surface area (Å²) in [5, 5.41) is 3.02. The number of aryl methyl sites for hydroxylation is 12. The molecule has 18 heteroatoms. The summed E-state index contributed by atoms with van der Waals surface area (Å²) in [4.78, 5) is 0. The summed E-state index contributed by atoms with van der Waals surface area (Å²) in [6.07, 6.45) is 16.7. The van der Waals surface area contributed by atoms with Crippen LogP contribution < -0.4 is 4.74 Å². The van der Waals surface area contributed by atoms with Gasteiger partial charge in [0.2, 0.25) is 5.82 Å². The molecule has 2 fully saturated rings. The van der Waals surface area contributed by atoms with Gasteiger partial charge in [0.1, 0.15) is 11.6 Å². The number of allylic oxidation sites excluding steroid dienone is 4. The smallest absolute Gasteiger partial charge is 0.201 e. The van der Waals surface area contributed by atoms with E-state index in [9.17, 15) is 39.5 Å². The van der Waals surface area contributed by atoms with Crippen molar-refractivity contribution >= 4 is 33.1 Å². The standard InChI is InChI=1S/C12H9F3.C12H12.C11H12F2O.C8H8ClF.C8H8F2.C8H13F.C8H16.C8H14.C8H10.C6H12O2.4CH4.5Nd/c1-6-3-4-8-5-7(2)11(14)12(15)9(8)10(6)13;1-9-3-5-12-8-10(2)4-6-11(12)7-9;1-6-5-8-4-3-7(2)14-11(8)10(13)9(6)12;2*1-5-3-4-6(2)8(10)7(5)9;1-6-3-4-7(2)8(9)5-6;3*1-7-3-5-8(2)6-4-7;1-5-3-7-6(2)8-4-5;;;;;;;;;/h3-5H,1-2H3;3-8H,1-2H3;5,7H,3-4H2,1-2H3;2*3-4H,1-2H3;6H,3-5H2,1-2H3;7-8H,3-6H2,1-2H3;3,8H,4-6H2,1-2H3;3-6H,1-2H3;5-6H,3-4H2,1-2H3;4*1H4;;;;;. The summed E-state index contributed by atoms with van der Waals surface area (Å²) in [5.74, 6) is -1.83. The fourth-order valence-electron chi connectivity index (χ4n) is 11.4. The van der Waals surface area contributed by atoms with E-state index in [-0.39, 0.29) is 280 Å². The minimum atomic E-state index is -1.11. The van der Waals surface area contributed by atoms with Crippen LogP contribution in [-0.4, -0.2) is 25.6 Å². The number of hydrogen-bond acceptors (Lipinski definition) is 3. The maximum absolute atomic E-state index is 13.6. The van der Waals surface area contributed by atoms with Crippen LogP contribution in [0.1, 0.15) is 229 Å². The molecule has 3 aliphatic carbocycles. The van der Waals surface area contributed by atoms with E-state index in [1.165, 1.54) is 118 Å². The summed E-state index contributed by atoms with van der Waals surface area (Å²) in [6, 6.07) is 34.5. The molecule has 3 unspecified atom stereocenters. The molecule has 2 heterocycles. The Morgan fingerprint density at radius 3 is 1.14 bits per heavy atom. The molecule has 8 aromatic carbocycles. The van der Waals surface area contributed by atoms with Crippen LogP contribution in [0.3, 0.4) is 0 Å². The molecule has 1 saturated heterocycles. The van der Waals surface area contributed by atoms with E-state index in [1.54, 1.807) is 68.8 Å². The van der Waals surface area contributed by atoms with Crippen molar-refractivity contribution in [3.05, 3.63) is 251 Å². The summed E-state index contributed by atoms with van der Waals surface area (Å²) < 4.78 is 133. The minimum absolute atomic E-state index is 0. The molecule has 8 aromatic rings. The van der Waals surface area contributed by atoms with Crippen molar-refractivity contribution in [2.75, 3.05) is 13.2 Å². The third-order valence-corrected chi connectivity index (χ3v) is 19.3. The van der Waals surface area contributed by atoms with E-state index in [4.69, 9.17) is 25.8 Å². The fourth-order valence-corrected chi connectivity index (χ4v) is 11.6. The SMILES string of the molecule is C.C.C.C.CC1=C(F)CC(C)CC1.CC1=CCC(C)CC1.CC1CCC(C)CC1.CC1COC(C)OC1.Cc1cc2c(c(F)c1F)OC(C)CC2.Cc1cc2ccc(C)c(F)c2c(F)c1F.Cc1ccc(C)c(Cl)c1F.Cc1ccc(C)c(F)c1F.Cc1ccc(C)cc1.Cc1ccc2cc(C)ccc2c1.[Nd].[Nd].[Nd].[Nd].[Nd]. The first-order valence-electron chi connectivity index (χ1n) is 36.2. The first kappa shape index (κ1) is 122. The van der Waals surface area contributed by atoms with Gasteiger partial charge in [0.25, 0.3) is 0 Å². The van der Waals surface area contributed by atoms with Gasteiger partial charge >= 0.3 is 0 Å². The molecule has 2 aliphatic heterocycles. The Bertz CT molecular complexity index is 3810. The zero-order valence-corrected chi connectivity index (χ0v) is 83.7. The van der Waals surface area contributed by atoms with Crippen molar-refractivity contribution < 1.29 is 258 Å². The minimum Gasteiger partial charge on any atom is -0.487 e. The van der Waals surface area contributed by atoms with Crippen molar-refractivity contribution in [2.45, 2.75) is 258 Å². The molecule has 0 aromatic heterocycles. The van der Waals surface area contributed by atoms with Gasteiger partial charge in [-0.25, -0.2) is 35.1 Å². The Balaban J connectivity index is -0.000000276. The molecule has 1 saturated carbocycles. The first-order chi connectivity index (χ1) is 48.0. The number of hydrogen-bond donors (Lipinski definition) is 0. The molecular formula is C93H130ClF9Nd5O3. The van der Waals surface area contributed by atoms with Crippen LogP contribution >= 0.6 is 11.6 Å². The normalized spacial score (nSPS) is 17.9. The van der Waals surface area contributed by atoms with E-state index in [2.05, 4.69) is 136 Å². The number of halogens is 10.